The number of phenolic OH excluding ortho intramolecular Hbond substituents is 1. The first-order valence-corrected chi connectivity index (χ1v) is 27.1. The van der Waals surface area contributed by atoms with Crippen molar-refractivity contribution in [2.45, 2.75) is 24.5 Å². The van der Waals surface area contributed by atoms with Crippen LogP contribution in [0.1, 0.15) is 0 Å². The van der Waals surface area contributed by atoms with Crippen LogP contribution < -0.4 is 32.0 Å². The second kappa shape index (κ2) is 20.3. The third-order valence-electron chi connectivity index (χ3n) is 9.42. The largest absolute Gasteiger partial charge is 0.505 e. The fraction of sp³-hybridized carbons (Fsp3) is 0.105. The van der Waals surface area contributed by atoms with Gasteiger partial charge >= 0.3 is 10.4 Å². The fourth-order valence-corrected chi connectivity index (χ4v) is 10.7. The van der Waals surface area contributed by atoms with Gasteiger partial charge in [0.05, 0.1) is 70.2 Å². The molecule has 0 saturated heterocycles. The molecule has 0 aromatic heterocycles. The van der Waals surface area contributed by atoms with Crippen LogP contribution in [-0.4, -0.2) is 87.4 Å². The molecule has 0 aliphatic rings. The van der Waals surface area contributed by atoms with E-state index in [2.05, 4.69) is 34.7 Å². The Hall–Kier alpha value is -6.72. The van der Waals surface area contributed by atoms with Crippen LogP contribution in [0, 0.1) is 0 Å². The number of sulfone groups is 1. The number of ether oxygens (including phenoxy) is 1. The minimum absolute atomic E-state index is 0.0291. The molecule has 372 valence electrons. The van der Waals surface area contributed by atoms with Crippen LogP contribution in [0.25, 0.3) is 10.8 Å². The average Bonchev–Trinajstić information content (AvgIpc) is 3.26. The van der Waals surface area contributed by atoms with E-state index >= 15 is 0 Å². The number of fused-ring (bicyclic) bond motifs is 1. The Labute approximate surface area is 403 Å². The number of nitrogens with two attached hydrogens (primary N) is 3. The van der Waals surface area contributed by atoms with E-state index in [0.717, 1.165) is 12.1 Å². The summed E-state index contributed by atoms with van der Waals surface area (Å²) in [5, 5.41) is 29.7. The lowest BCUT2D eigenvalue weighted by Crippen LogP contribution is -2.16. The summed E-state index contributed by atoms with van der Waals surface area (Å²) >= 11 is 0.664. The van der Waals surface area contributed by atoms with Gasteiger partial charge in [0, 0.05) is 39.8 Å². The number of azo groups is 2. The summed E-state index contributed by atoms with van der Waals surface area (Å²) in [6, 6.07) is 18.3. The highest BCUT2D eigenvalue weighted by atomic mass is 32.3. The van der Waals surface area contributed by atoms with Gasteiger partial charge in [0.2, 0.25) is 0 Å². The number of aromatic hydroxyl groups is 1. The zero-order valence-corrected chi connectivity index (χ0v) is 40.5. The lowest BCUT2D eigenvalue weighted by molar-refractivity contribution is 0.284. The monoisotopic (exact) mass is 1080 g/mol. The molecule has 0 aliphatic heterocycles. The SMILES string of the molecule is COSc1cc(Nc2ccc(S(=O)(=O)Nc3ccc(N=Nc4cc(OC)c(N)cc4N)cc3)cc2)c(N)c2c(O)c(N=Nc3ccc(S(=O)(=O)CCOS(=O)(=O)O)cc3S(=O)(=O)O)c(S(=O)(=O)O)cc12. The Balaban J connectivity index is 1.30. The number of anilines is 6. The van der Waals surface area contributed by atoms with Crippen molar-refractivity contribution in [2.24, 2.45) is 20.5 Å². The predicted octanol–water partition coefficient (Wildman–Crippen LogP) is 6.42. The van der Waals surface area contributed by atoms with Gasteiger partial charge < -0.3 is 36.5 Å². The molecule has 0 heterocycles. The summed E-state index contributed by atoms with van der Waals surface area (Å²) in [6.07, 6.45) is 0. The van der Waals surface area contributed by atoms with Crippen molar-refractivity contribution < 1.29 is 74.0 Å². The standard InChI is InChI=1S/C38H37N9O17S6/c1-62-31-18-29(26(39)17-27(31)40)45-43-21-3-5-22(6-4-21)47-67(51,52)23-9-7-20(8-10-23)42-30-19-32(65-63-2)25-16-34(69(56,57)58)37(38(48)35(25)36(30)41)46-44-28-12-11-24(15-33(28)68(53,54)55)66(49,50)14-13-64-70(59,60)61/h3-12,15-19,42,47-48H,13-14,39-41H2,1-2H3,(H,53,54,55)(H,56,57,58)(H,59,60,61). The number of hydrogen-bond acceptors (Lipinski definition) is 23. The first kappa shape index (κ1) is 52.6. The molecule has 0 fully saturated rings. The molecule has 0 aliphatic carbocycles. The van der Waals surface area contributed by atoms with Gasteiger partial charge in [0.15, 0.2) is 15.6 Å². The van der Waals surface area contributed by atoms with Crippen molar-refractivity contribution in [1.82, 2.24) is 0 Å². The molecule has 0 radical (unpaired) electrons. The molecular weight excluding hydrogens is 1050 g/mol. The van der Waals surface area contributed by atoms with Crippen LogP contribution in [0.15, 0.2) is 136 Å². The van der Waals surface area contributed by atoms with Crippen LogP contribution in [0.2, 0.25) is 0 Å². The van der Waals surface area contributed by atoms with E-state index in [1.807, 2.05) is 0 Å². The molecule has 0 bridgehead atoms. The summed E-state index contributed by atoms with van der Waals surface area (Å²) in [7, 11) is -21.7. The fourth-order valence-electron chi connectivity index (χ4n) is 6.19. The van der Waals surface area contributed by atoms with Crippen molar-refractivity contribution in [1.29, 1.82) is 0 Å². The molecule has 0 amide bonds. The molecule has 12 N–H and O–H groups in total. The first-order chi connectivity index (χ1) is 32.6. The van der Waals surface area contributed by atoms with Gasteiger partial charge in [-0.1, -0.05) is 0 Å². The van der Waals surface area contributed by atoms with Gasteiger partial charge in [-0.25, -0.2) is 21.0 Å². The van der Waals surface area contributed by atoms with Crippen LogP contribution in [-0.2, 0) is 58.9 Å². The number of benzene rings is 6. The number of nitrogens with one attached hydrogen (secondary N) is 2. The molecule has 0 spiro atoms. The Morgan fingerprint density at radius 2 is 1.27 bits per heavy atom. The first-order valence-electron chi connectivity index (χ1n) is 18.9. The summed E-state index contributed by atoms with van der Waals surface area (Å²) < 4.78 is 170. The quantitative estimate of drug-likeness (QED) is 0.0183. The minimum Gasteiger partial charge on any atom is -0.505 e. The average molecular weight is 1080 g/mol. The lowest BCUT2D eigenvalue weighted by atomic mass is 10.0. The van der Waals surface area contributed by atoms with E-state index in [0.29, 0.717) is 47.0 Å². The Morgan fingerprint density at radius 1 is 0.657 bits per heavy atom. The number of rotatable bonds is 19. The zero-order valence-electron chi connectivity index (χ0n) is 35.6. The van der Waals surface area contributed by atoms with Crippen molar-refractivity contribution in [3.05, 3.63) is 91.0 Å². The van der Waals surface area contributed by atoms with Gasteiger partial charge in [0.1, 0.15) is 32.6 Å². The number of methoxy groups -OCH3 is 1. The zero-order chi connectivity index (χ0) is 51.6. The highest BCUT2D eigenvalue weighted by Gasteiger charge is 2.28. The van der Waals surface area contributed by atoms with Crippen molar-refractivity contribution in [2.75, 3.05) is 53.8 Å². The van der Waals surface area contributed by atoms with E-state index in [1.54, 1.807) is 0 Å². The molecule has 32 heteroatoms. The van der Waals surface area contributed by atoms with E-state index < -0.39 is 94.7 Å². The van der Waals surface area contributed by atoms with Gasteiger partial charge in [-0.2, -0.15) is 30.4 Å². The molecule has 6 aromatic rings. The Kier molecular flexibility index (Phi) is 15.3. The molecular formula is C38H37N9O17S6. The number of nitrogens with zero attached hydrogens (tertiary/aromatic N) is 4. The maximum absolute atomic E-state index is 13.4. The predicted molar refractivity (Wildman–Crippen MR) is 256 cm³/mol. The Bertz CT molecular complexity index is 3680. The second-order valence-electron chi connectivity index (χ2n) is 14.1. The highest BCUT2D eigenvalue weighted by molar-refractivity contribution is 7.95. The number of phenols is 1. The summed E-state index contributed by atoms with van der Waals surface area (Å²) in [5.74, 6) is -1.79. The Morgan fingerprint density at radius 3 is 1.87 bits per heavy atom. The van der Waals surface area contributed by atoms with E-state index in [1.165, 1.54) is 80.9 Å². The maximum Gasteiger partial charge on any atom is 0.397 e. The summed E-state index contributed by atoms with van der Waals surface area (Å²) in [6.45, 7) is -1.08. The summed E-state index contributed by atoms with van der Waals surface area (Å²) in [5.41, 5.74) is 17.9. The third-order valence-corrected chi connectivity index (χ3v) is 15.4. The van der Waals surface area contributed by atoms with Gasteiger partial charge in [0.25, 0.3) is 30.3 Å². The molecule has 70 heavy (non-hydrogen) atoms. The van der Waals surface area contributed by atoms with Crippen LogP contribution in [0.5, 0.6) is 11.5 Å². The molecule has 6 rings (SSSR count). The maximum atomic E-state index is 13.4. The number of sulfonamides is 1. The molecule has 0 unspecified atom stereocenters. The second-order valence-corrected chi connectivity index (χ2v) is 22.7. The molecule has 0 saturated carbocycles. The van der Waals surface area contributed by atoms with Crippen LogP contribution in [0.3, 0.4) is 0 Å². The van der Waals surface area contributed by atoms with Gasteiger partial charge in [-0.05, 0) is 84.9 Å². The van der Waals surface area contributed by atoms with E-state index in [-0.39, 0.29) is 49.0 Å². The number of nitrogen functional groups attached to an aromatic ring is 3. The minimum atomic E-state index is -5.35. The molecule has 6 aromatic carbocycles. The lowest BCUT2D eigenvalue weighted by Gasteiger charge is -2.18. The van der Waals surface area contributed by atoms with E-state index in [9.17, 15) is 56.3 Å². The normalized spacial score (nSPS) is 12.8. The van der Waals surface area contributed by atoms with Gasteiger partial charge in [-0.3, -0.25) is 18.4 Å². The number of hydrogen-bond donors (Lipinski definition) is 9. The van der Waals surface area contributed by atoms with E-state index in [4.69, 9.17) is 30.7 Å². The van der Waals surface area contributed by atoms with Crippen molar-refractivity contribution in [3.63, 3.8) is 0 Å². The summed E-state index contributed by atoms with van der Waals surface area (Å²) in [4.78, 5) is -3.17. The topological polar surface area (TPSA) is 431 Å². The van der Waals surface area contributed by atoms with Crippen LogP contribution >= 0.6 is 12.0 Å². The smallest absolute Gasteiger partial charge is 0.397 e. The highest BCUT2D eigenvalue weighted by Crippen LogP contribution is 2.49. The van der Waals surface area contributed by atoms with Crippen molar-refractivity contribution >= 4 is 130 Å². The van der Waals surface area contributed by atoms with Crippen molar-refractivity contribution in [3.8, 4) is 11.5 Å². The molecule has 26 nitrogen and oxygen atoms in total. The third kappa shape index (κ3) is 12.3. The van der Waals surface area contributed by atoms with Crippen LogP contribution in [0.4, 0.5) is 56.9 Å². The van der Waals surface area contributed by atoms with Gasteiger partial charge in [-0.15, -0.1) is 15.3 Å². The molecule has 0 atom stereocenters.